The molecular weight excluding hydrogens is 432 g/mol. The third-order valence-electron chi connectivity index (χ3n) is 6.19. The van der Waals surface area contributed by atoms with Gasteiger partial charge in [0.1, 0.15) is 11.6 Å². The van der Waals surface area contributed by atoms with Crippen molar-refractivity contribution in [1.82, 2.24) is 9.97 Å². The largest absolute Gasteiger partial charge is 0.544 e. The summed E-state index contributed by atoms with van der Waals surface area (Å²) in [5, 5.41) is 0.129. The van der Waals surface area contributed by atoms with Crippen LogP contribution in [0.15, 0.2) is 42.6 Å². The van der Waals surface area contributed by atoms with Gasteiger partial charge in [0.2, 0.25) is 14.3 Å². The van der Waals surface area contributed by atoms with Crippen molar-refractivity contribution in [3.63, 3.8) is 0 Å². The fraction of sp³-hybridized carbons (Fsp3) is 0.360. The number of hydrogen-bond acceptors (Lipinski definition) is 7. The van der Waals surface area contributed by atoms with E-state index in [1.165, 1.54) is 0 Å². The van der Waals surface area contributed by atoms with Crippen LogP contribution in [0.2, 0.25) is 18.1 Å². The standard InChI is InChI=1S/C25H34N4O3Si/c1-25(2,3)33(6,7)32-19-10-8-17(9-11-19)20-13-16(14-21(30-4)22(20)31-5)12-18-15-28-24(27)29-23(18)26/h8-11,13-15H,12H2,1-7H3,(H4,26,27,28,29). The van der Waals surface area contributed by atoms with E-state index in [0.717, 1.165) is 28.0 Å². The van der Waals surface area contributed by atoms with Crippen LogP contribution in [0, 0.1) is 0 Å². The average molecular weight is 467 g/mol. The van der Waals surface area contributed by atoms with Crippen LogP contribution >= 0.6 is 0 Å². The summed E-state index contributed by atoms with van der Waals surface area (Å²) >= 11 is 0. The first kappa shape index (κ1) is 24.4. The zero-order valence-corrected chi connectivity index (χ0v) is 21.5. The van der Waals surface area contributed by atoms with Crippen LogP contribution < -0.4 is 25.4 Å². The summed E-state index contributed by atoms with van der Waals surface area (Å²) in [6.07, 6.45) is 2.19. The molecular formula is C25H34N4O3Si. The quantitative estimate of drug-likeness (QED) is 0.455. The van der Waals surface area contributed by atoms with E-state index in [9.17, 15) is 0 Å². The van der Waals surface area contributed by atoms with E-state index in [-0.39, 0.29) is 11.0 Å². The van der Waals surface area contributed by atoms with E-state index in [1.54, 1.807) is 20.4 Å². The maximum atomic E-state index is 6.43. The minimum Gasteiger partial charge on any atom is -0.544 e. The Morgan fingerprint density at radius 2 is 1.64 bits per heavy atom. The molecule has 0 aliphatic carbocycles. The summed E-state index contributed by atoms with van der Waals surface area (Å²) in [5.74, 6) is 2.71. The van der Waals surface area contributed by atoms with Gasteiger partial charge in [-0.2, -0.15) is 4.98 Å². The molecule has 3 rings (SSSR count). The van der Waals surface area contributed by atoms with Crippen LogP contribution in [0.4, 0.5) is 11.8 Å². The fourth-order valence-electron chi connectivity index (χ4n) is 3.28. The number of nitrogens with two attached hydrogens (primary N) is 2. The van der Waals surface area contributed by atoms with E-state index >= 15 is 0 Å². The highest BCUT2D eigenvalue weighted by Gasteiger charge is 2.38. The highest BCUT2D eigenvalue weighted by molar-refractivity contribution is 6.74. The van der Waals surface area contributed by atoms with E-state index in [2.05, 4.69) is 49.9 Å². The minimum absolute atomic E-state index is 0.129. The molecule has 0 saturated heterocycles. The molecule has 1 aromatic heterocycles. The molecule has 33 heavy (non-hydrogen) atoms. The lowest BCUT2D eigenvalue weighted by atomic mass is 9.98. The Morgan fingerprint density at radius 1 is 0.970 bits per heavy atom. The van der Waals surface area contributed by atoms with Gasteiger partial charge in [-0.25, -0.2) is 4.98 Å². The molecule has 0 aliphatic heterocycles. The minimum atomic E-state index is -1.91. The number of methoxy groups -OCH3 is 2. The van der Waals surface area contributed by atoms with Gasteiger partial charge >= 0.3 is 0 Å². The third kappa shape index (κ3) is 5.39. The fourth-order valence-corrected chi connectivity index (χ4v) is 4.31. The van der Waals surface area contributed by atoms with Crippen molar-refractivity contribution in [2.24, 2.45) is 0 Å². The zero-order chi connectivity index (χ0) is 24.4. The highest BCUT2D eigenvalue weighted by atomic mass is 28.4. The Kier molecular flexibility index (Phi) is 6.88. The number of hydrogen-bond donors (Lipinski definition) is 2. The molecule has 1 heterocycles. The van der Waals surface area contributed by atoms with Gasteiger partial charge in [0.25, 0.3) is 0 Å². The lowest BCUT2D eigenvalue weighted by molar-refractivity contribution is 0.356. The van der Waals surface area contributed by atoms with Gasteiger partial charge in [-0.15, -0.1) is 0 Å². The van der Waals surface area contributed by atoms with E-state index in [4.69, 9.17) is 25.4 Å². The van der Waals surface area contributed by atoms with Crippen LogP contribution in [-0.4, -0.2) is 32.5 Å². The monoisotopic (exact) mass is 466 g/mol. The van der Waals surface area contributed by atoms with Gasteiger partial charge in [0, 0.05) is 23.7 Å². The second-order valence-electron chi connectivity index (χ2n) is 9.58. The summed E-state index contributed by atoms with van der Waals surface area (Å²) in [4.78, 5) is 8.13. The Labute approximate surface area is 197 Å². The smallest absolute Gasteiger partial charge is 0.250 e. The van der Waals surface area contributed by atoms with Crippen molar-refractivity contribution in [2.45, 2.75) is 45.3 Å². The second-order valence-corrected chi connectivity index (χ2v) is 14.3. The number of anilines is 2. The number of benzene rings is 2. The lowest BCUT2D eigenvalue weighted by Crippen LogP contribution is -2.43. The van der Waals surface area contributed by atoms with Gasteiger partial charge in [0.05, 0.1) is 14.2 Å². The molecule has 176 valence electrons. The Hall–Kier alpha value is -3.26. The van der Waals surface area contributed by atoms with Crippen LogP contribution in [0.5, 0.6) is 17.2 Å². The number of nitrogens with zero attached hydrogens (tertiary/aromatic N) is 2. The summed E-state index contributed by atoms with van der Waals surface area (Å²) in [7, 11) is 1.35. The summed E-state index contributed by atoms with van der Waals surface area (Å²) in [6.45, 7) is 11.2. The van der Waals surface area contributed by atoms with Crippen LogP contribution in [0.3, 0.4) is 0 Å². The molecule has 8 heteroatoms. The molecule has 0 bridgehead atoms. The number of aromatic nitrogens is 2. The first-order valence-electron chi connectivity index (χ1n) is 10.9. The van der Waals surface area contributed by atoms with Crippen molar-refractivity contribution in [1.29, 1.82) is 0 Å². The van der Waals surface area contributed by atoms with E-state index in [1.807, 2.05) is 30.3 Å². The van der Waals surface area contributed by atoms with Gasteiger partial charge < -0.3 is 25.4 Å². The lowest BCUT2D eigenvalue weighted by Gasteiger charge is -2.36. The number of ether oxygens (including phenoxy) is 2. The molecule has 0 radical (unpaired) electrons. The van der Waals surface area contributed by atoms with Crippen molar-refractivity contribution in [3.05, 3.63) is 53.7 Å². The van der Waals surface area contributed by atoms with Crippen LogP contribution in [0.1, 0.15) is 31.9 Å². The molecule has 2 aromatic carbocycles. The van der Waals surface area contributed by atoms with E-state index in [0.29, 0.717) is 23.7 Å². The molecule has 0 saturated carbocycles. The van der Waals surface area contributed by atoms with Crippen molar-refractivity contribution < 1.29 is 13.9 Å². The van der Waals surface area contributed by atoms with Gasteiger partial charge in [-0.05, 0) is 53.5 Å². The topological polar surface area (TPSA) is 106 Å². The predicted molar refractivity (Wildman–Crippen MR) is 136 cm³/mol. The Morgan fingerprint density at radius 3 is 2.18 bits per heavy atom. The summed E-state index contributed by atoms with van der Waals surface area (Å²) in [5.41, 5.74) is 15.4. The maximum Gasteiger partial charge on any atom is 0.250 e. The van der Waals surface area contributed by atoms with Gasteiger partial charge in [-0.1, -0.05) is 32.9 Å². The van der Waals surface area contributed by atoms with Crippen LogP contribution in [0.25, 0.3) is 11.1 Å². The SMILES string of the molecule is COc1cc(Cc2cnc(N)nc2N)cc(-c2ccc(O[Si](C)(C)C(C)(C)C)cc2)c1OC. The summed E-state index contributed by atoms with van der Waals surface area (Å²) in [6, 6.07) is 12.1. The summed E-state index contributed by atoms with van der Waals surface area (Å²) < 4.78 is 17.8. The molecule has 7 nitrogen and oxygen atoms in total. The van der Waals surface area contributed by atoms with Crippen molar-refractivity contribution in [2.75, 3.05) is 25.7 Å². The van der Waals surface area contributed by atoms with Crippen molar-refractivity contribution >= 4 is 20.1 Å². The first-order chi connectivity index (χ1) is 15.4. The molecule has 0 aliphatic rings. The number of rotatable bonds is 7. The first-order valence-corrected chi connectivity index (χ1v) is 13.8. The highest BCUT2D eigenvalue weighted by Crippen LogP contribution is 2.41. The Balaban J connectivity index is 1.98. The molecule has 0 spiro atoms. The average Bonchev–Trinajstić information content (AvgIpc) is 2.74. The molecule has 4 N–H and O–H groups in total. The second kappa shape index (κ2) is 9.31. The van der Waals surface area contributed by atoms with Crippen molar-refractivity contribution in [3.8, 4) is 28.4 Å². The normalized spacial score (nSPS) is 11.8. The molecule has 0 atom stereocenters. The van der Waals surface area contributed by atoms with Gasteiger partial charge in [0.15, 0.2) is 11.5 Å². The van der Waals surface area contributed by atoms with Crippen LogP contribution in [-0.2, 0) is 6.42 Å². The molecule has 0 unspecified atom stereocenters. The van der Waals surface area contributed by atoms with Gasteiger partial charge in [-0.3, -0.25) is 0 Å². The maximum absolute atomic E-state index is 6.43. The third-order valence-corrected chi connectivity index (χ3v) is 10.6. The molecule has 0 fully saturated rings. The number of nitrogen functional groups attached to an aromatic ring is 2. The Bertz CT molecular complexity index is 1130. The predicted octanol–water partition coefficient (Wildman–Crippen LogP) is 5.30. The molecule has 3 aromatic rings. The zero-order valence-electron chi connectivity index (χ0n) is 20.5. The van der Waals surface area contributed by atoms with E-state index < -0.39 is 8.32 Å². The molecule has 0 amide bonds.